The second-order valence-electron chi connectivity index (χ2n) is 12.2. The summed E-state index contributed by atoms with van der Waals surface area (Å²) in [5.74, 6) is -5.16. The average Bonchev–Trinajstić information content (AvgIpc) is 3.15. The number of benzene rings is 1. The predicted octanol–water partition coefficient (Wildman–Crippen LogP) is 2.16. The standard InChI is InChI=1S/C30H38ClNO7/c1-13-11-19-21(26(36)30(13,38)16(4)33)27(39-17(5)34)29-22(14(2)15(3)25(35)23(29)24(19)31)20(32-28(29)37)12-18-9-7-6-8-10-18/h6-10,13,19-27,35-36,38H,11-12H2,1-5H3,(H,32,37)/t13-,19+,20-,21-,22-,23?,24-,25-,26+,27+,29+,30+/m0/s1. The first-order chi connectivity index (χ1) is 18.3. The summed E-state index contributed by atoms with van der Waals surface area (Å²) in [5, 5.41) is 37.3. The molecule has 1 aromatic carbocycles. The quantitative estimate of drug-likeness (QED) is 0.252. The number of aliphatic hydroxyl groups excluding tert-OH is 2. The summed E-state index contributed by atoms with van der Waals surface area (Å²) in [5.41, 5.74) is -1.07. The van der Waals surface area contributed by atoms with Gasteiger partial charge < -0.3 is 25.4 Å². The topological polar surface area (TPSA) is 133 Å². The van der Waals surface area contributed by atoms with Gasteiger partial charge in [-0.25, -0.2) is 0 Å². The maximum absolute atomic E-state index is 14.3. The molecule has 12 atom stereocenters. The highest BCUT2D eigenvalue weighted by Gasteiger charge is 2.76. The zero-order valence-electron chi connectivity index (χ0n) is 22.9. The van der Waals surface area contributed by atoms with Crippen LogP contribution in [0.25, 0.3) is 0 Å². The number of nitrogens with one attached hydrogen (secondary N) is 1. The Morgan fingerprint density at radius 3 is 2.36 bits per heavy atom. The lowest BCUT2D eigenvalue weighted by atomic mass is 9.43. The van der Waals surface area contributed by atoms with Crippen molar-refractivity contribution in [1.82, 2.24) is 5.32 Å². The molecular formula is C30H38ClNO7. The summed E-state index contributed by atoms with van der Waals surface area (Å²) in [7, 11) is 0. The lowest BCUT2D eigenvalue weighted by Gasteiger charge is -2.63. The maximum Gasteiger partial charge on any atom is 0.302 e. The van der Waals surface area contributed by atoms with E-state index in [0.717, 1.165) is 16.7 Å². The Morgan fingerprint density at radius 2 is 1.77 bits per heavy atom. The van der Waals surface area contributed by atoms with Gasteiger partial charge in [-0.3, -0.25) is 14.4 Å². The van der Waals surface area contributed by atoms with Crippen LogP contribution in [0.4, 0.5) is 0 Å². The van der Waals surface area contributed by atoms with Crippen LogP contribution in [0.5, 0.6) is 0 Å². The summed E-state index contributed by atoms with van der Waals surface area (Å²) >= 11 is 7.23. The Kier molecular flexibility index (Phi) is 7.02. The van der Waals surface area contributed by atoms with Crippen molar-refractivity contribution in [3.63, 3.8) is 0 Å². The Morgan fingerprint density at radius 1 is 1.13 bits per heavy atom. The van der Waals surface area contributed by atoms with Gasteiger partial charge >= 0.3 is 5.97 Å². The zero-order chi connectivity index (χ0) is 28.6. The zero-order valence-corrected chi connectivity index (χ0v) is 23.7. The van der Waals surface area contributed by atoms with Crippen LogP contribution < -0.4 is 5.32 Å². The van der Waals surface area contributed by atoms with Gasteiger partial charge in [0.25, 0.3) is 0 Å². The summed E-state index contributed by atoms with van der Waals surface area (Å²) in [6.07, 6.45) is -3.18. The molecule has 1 aliphatic heterocycles. The van der Waals surface area contributed by atoms with Crippen LogP contribution in [-0.4, -0.2) is 68.3 Å². The second kappa shape index (κ2) is 9.68. The van der Waals surface area contributed by atoms with Gasteiger partial charge in [0.15, 0.2) is 11.4 Å². The van der Waals surface area contributed by atoms with E-state index in [9.17, 15) is 29.7 Å². The van der Waals surface area contributed by atoms with Gasteiger partial charge in [-0.05, 0) is 56.6 Å². The van der Waals surface area contributed by atoms with E-state index in [1.54, 1.807) is 6.92 Å². The Bertz CT molecular complexity index is 1220. The number of ketones is 1. The molecular weight excluding hydrogens is 522 g/mol. The number of aliphatic hydroxyl groups is 3. The van der Waals surface area contributed by atoms with E-state index in [2.05, 4.69) is 5.32 Å². The Hall–Kier alpha value is -2.26. The highest BCUT2D eigenvalue weighted by molar-refractivity contribution is 6.21. The Labute approximate surface area is 233 Å². The van der Waals surface area contributed by atoms with Gasteiger partial charge in [0, 0.05) is 36.1 Å². The molecule has 0 radical (unpaired) electrons. The number of fused-ring (bicyclic) bond motifs is 1. The number of carbonyl (C=O) groups excluding carboxylic acids is 3. The van der Waals surface area contributed by atoms with Crippen molar-refractivity contribution in [3.05, 3.63) is 47.0 Å². The molecule has 39 heavy (non-hydrogen) atoms. The molecule has 212 valence electrons. The molecule has 1 heterocycles. The molecule has 4 aliphatic rings. The van der Waals surface area contributed by atoms with Crippen LogP contribution in [0.15, 0.2) is 41.5 Å². The first-order valence-corrected chi connectivity index (χ1v) is 14.2. The number of hydrogen-bond acceptors (Lipinski definition) is 7. The molecule has 1 spiro atoms. The van der Waals surface area contributed by atoms with E-state index in [1.165, 1.54) is 13.8 Å². The van der Waals surface area contributed by atoms with Crippen molar-refractivity contribution in [3.8, 4) is 0 Å². The van der Waals surface area contributed by atoms with Gasteiger partial charge in [-0.1, -0.05) is 42.8 Å². The molecule has 1 saturated heterocycles. The van der Waals surface area contributed by atoms with E-state index in [1.807, 2.05) is 44.2 Å². The molecule has 0 bridgehead atoms. The SMILES string of the molecule is CC(=O)O[C@@H]1[C@H]2[C@@H](C[C@H](C)[C@@](O)(C(C)=O)[C@@H]2O)[C@H](Cl)C2[C@@H](O)C(C)=C(C)[C@H]3[C@H](Cc4ccccc4)NC(=O)[C@]213. The molecule has 5 rings (SSSR count). The number of Topliss-reactive ketones (excluding diaryl/α,β-unsaturated/α-hetero) is 1. The minimum atomic E-state index is -2.10. The molecule has 9 heteroatoms. The van der Waals surface area contributed by atoms with Crippen molar-refractivity contribution >= 4 is 29.3 Å². The van der Waals surface area contributed by atoms with Crippen molar-refractivity contribution in [2.75, 3.05) is 0 Å². The number of esters is 1. The first-order valence-electron chi connectivity index (χ1n) is 13.7. The largest absolute Gasteiger partial charge is 0.461 e. The minimum Gasteiger partial charge on any atom is -0.461 e. The minimum absolute atomic E-state index is 0.254. The van der Waals surface area contributed by atoms with Crippen LogP contribution in [0, 0.1) is 35.0 Å². The smallest absolute Gasteiger partial charge is 0.302 e. The normalized spacial score (nSPS) is 45.1. The summed E-state index contributed by atoms with van der Waals surface area (Å²) < 4.78 is 5.99. The van der Waals surface area contributed by atoms with E-state index >= 15 is 0 Å². The number of ether oxygens (including phenoxy) is 1. The fourth-order valence-electron chi connectivity index (χ4n) is 8.64. The van der Waals surface area contributed by atoms with E-state index in [4.69, 9.17) is 16.3 Å². The van der Waals surface area contributed by atoms with Crippen molar-refractivity contribution in [2.45, 2.75) is 82.8 Å². The third kappa shape index (κ3) is 3.78. The van der Waals surface area contributed by atoms with Crippen LogP contribution in [0.2, 0.25) is 0 Å². The van der Waals surface area contributed by atoms with Gasteiger partial charge in [-0.2, -0.15) is 0 Å². The van der Waals surface area contributed by atoms with E-state index in [-0.39, 0.29) is 6.42 Å². The van der Waals surface area contributed by atoms with Gasteiger partial charge in [0.05, 0.1) is 12.2 Å². The maximum atomic E-state index is 14.3. The number of rotatable bonds is 4. The van der Waals surface area contributed by atoms with Gasteiger partial charge in [0.1, 0.15) is 11.5 Å². The molecule has 3 aliphatic carbocycles. The molecule has 1 amide bonds. The van der Waals surface area contributed by atoms with Crippen LogP contribution in [-0.2, 0) is 25.5 Å². The number of halogens is 1. The van der Waals surface area contributed by atoms with Crippen molar-refractivity contribution in [1.29, 1.82) is 0 Å². The van der Waals surface area contributed by atoms with Crippen LogP contribution in [0.3, 0.4) is 0 Å². The monoisotopic (exact) mass is 559 g/mol. The predicted molar refractivity (Wildman–Crippen MR) is 143 cm³/mol. The Balaban J connectivity index is 1.74. The molecule has 2 saturated carbocycles. The number of amides is 1. The third-order valence-corrected chi connectivity index (χ3v) is 11.1. The van der Waals surface area contributed by atoms with Crippen molar-refractivity contribution in [2.24, 2.45) is 35.0 Å². The van der Waals surface area contributed by atoms with Crippen molar-refractivity contribution < 1.29 is 34.4 Å². The van der Waals surface area contributed by atoms with E-state index < -0.39 is 88.0 Å². The average molecular weight is 560 g/mol. The molecule has 3 fully saturated rings. The first kappa shape index (κ1) is 28.3. The highest BCUT2D eigenvalue weighted by Crippen LogP contribution is 2.66. The number of hydrogen-bond donors (Lipinski definition) is 4. The van der Waals surface area contributed by atoms with Gasteiger partial charge in [0.2, 0.25) is 5.91 Å². The van der Waals surface area contributed by atoms with E-state index in [0.29, 0.717) is 6.42 Å². The lowest BCUT2D eigenvalue weighted by molar-refractivity contribution is -0.241. The van der Waals surface area contributed by atoms with Crippen LogP contribution >= 0.6 is 11.6 Å². The molecule has 8 nitrogen and oxygen atoms in total. The lowest BCUT2D eigenvalue weighted by Crippen LogP contribution is -2.74. The molecule has 4 N–H and O–H groups in total. The van der Waals surface area contributed by atoms with Crippen LogP contribution in [0.1, 0.15) is 46.6 Å². The second-order valence-corrected chi connectivity index (χ2v) is 12.7. The molecule has 1 unspecified atom stereocenters. The summed E-state index contributed by atoms with van der Waals surface area (Å²) in [4.78, 5) is 39.7. The summed E-state index contributed by atoms with van der Waals surface area (Å²) in [6.45, 7) is 7.87. The number of carbonyl (C=O) groups is 3. The third-order valence-electron chi connectivity index (χ3n) is 10.5. The summed E-state index contributed by atoms with van der Waals surface area (Å²) in [6, 6.07) is 9.32. The number of alkyl halides is 1. The fraction of sp³-hybridized carbons (Fsp3) is 0.633. The molecule has 1 aromatic rings. The van der Waals surface area contributed by atoms with Gasteiger partial charge in [-0.15, -0.1) is 11.6 Å². The fourth-order valence-corrected chi connectivity index (χ4v) is 9.26. The highest BCUT2D eigenvalue weighted by atomic mass is 35.5. The molecule has 0 aromatic heterocycles.